The van der Waals surface area contributed by atoms with Crippen LogP contribution in [0.15, 0.2) is 30.8 Å². The van der Waals surface area contributed by atoms with Gasteiger partial charge in [-0.25, -0.2) is 0 Å². The third kappa shape index (κ3) is 7.00. The molecule has 0 aliphatic carbocycles. The maximum atomic E-state index is 5.75. The van der Waals surface area contributed by atoms with Crippen LogP contribution in [0.5, 0.6) is 0 Å². The molecule has 0 saturated carbocycles. The van der Waals surface area contributed by atoms with Crippen molar-refractivity contribution < 1.29 is 13.9 Å². The zero-order chi connectivity index (χ0) is 14.6. The molecule has 0 spiro atoms. The fourth-order valence-electron chi connectivity index (χ4n) is 1.95. The van der Waals surface area contributed by atoms with Crippen molar-refractivity contribution in [1.82, 2.24) is 0 Å². The normalized spacial score (nSPS) is 11.6. The third-order valence-electron chi connectivity index (χ3n) is 2.90. The minimum absolute atomic E-state index is 0.103. The van der Waals surface area contributed by atoms with Crippen molar-refractivity contribution in [2.45, 2.75) is 32.6 Å². The van der Waals surface area contributed by atoms with E-state index in [1.165, 1.54) is 11.1 Å². The first-order valence-corrected chi connectivity index (χ1v) is 8.71. The van der Waals surface area contributed by atoms with Gasteiger partial charge < -0.3 is 13.9 Å². The van der Waals surface area contributed by atoms with E-state index in [9.17, 15) is 0 Å². The van der Waals surface area contributed by atoms with Gasteiger partial charge in [-0.1, -0.05) is 36.9 Å². The van der Waals surface area contributed by atoms with Gasteiger partial charge in [-0.15, -0.1) is 0 Å². The van der Waals surface area contributed by atoms with Crippen molar-refractivity contribution in [2.24, 2.45) is 0 Å². The summed E-state index contributed by atoms with van der Waals surface area (Å²) in [5.74, 6) is -0.103. The van der Waals surface area contributed by atoms with Crippen LogP contribution in [-0.4, -0.2) is 35.5 Å². The zero-order valence-electron chi connectivity index (χ0n) is 12.6. The number of hydrogen-bond donors (Lipinski definition) is 0. The molecule has 112 valence electrons. The molecular formula is C16H26O3Si. The van der Waals surface area contributed by atoms with Crippen molar-refractivity contribution in [1.29, 1.82) is 0 Å². The second-order valence-electron chi connectivity index (χ2n) is 4.47. The van der Waals surface area contributed by atoms with E-state index in [1.54, 1.807) is 0 Å². The summed E-state index contributed by atoms with van der Waals surface area (Å²) in [5.41, 5.74) is 2.50. The summed E-state index contributed by atoms with van der Waals surface area (Å²) in [6.07, 6.45) is 3.93. The molecule has 0 atom stereocenters. The molecule has 3 nitrogen and oxygen atoms in total. The van der Waals surface area contributed by atoms with Crippen molar-refractivity contribution in [2.75, 3.05) is 19.8 Å². The molecule has 20 heavy (non-hydrogen) atoms. The molecule has 1 aromatic rings. The van der Waals surface area contributed by atoms with Crippen LogP contribution in [0.2, 0.25) is 0 Å². The minimum atomic E-state index is -0.770. The number of rotatable bonds is 11. The van der Waals surface area contributed by atoms with Crippen LogP contribution in [0.1, 0.15) is 31.4 Å². The summed E-state index contributed by atoms with van der Waals surface area (Å²) in [4.78, 5) is 0. The fraction of sp³-hybridized carbons (Fsp3) is 0.500. The largest absolute Gasteiger partial charge is 0.418 e. The van der Waals surface area contributed by atoms with Crippen LogP contribution >= 0.6 is 0 Å². The lowest BCUT2D eigenvalue weighted by Crippen LogP contribution is -2.27. The molecule has 0 heterocycles. The Balaban J connectivity index is 2.18. The smallest absolute Gasteiger partial charge is 0.223 e. The van der Waals surface area contributed by atoms with Gasteiger partial charge in [0.15, 0.2) is 5.91 Å². The molecule has 0 amide bonds. The monoisotopic (exact) mass is 294 g/mol. The molecule has 0 saturated heterocycles. The number of benzene rings is 1. The average molecular weight is 294 g/mol. The lowest BCUT2D eigenvalue weighted by molar-refractivity contribution is -0.0899. The first-order valence-electron chi connectivity index (χ1n) is 7.32. The molecule has 1 aromatic carbocycles. The molecule has 0 fully saturated rings. The summed E-state index contributed by atoms with van der Waals surface area (Å²) in [5, 5.41) is 0. The summed E-state index contributed by atoms with van der Waals surface area (Å²) < 4.78 is 16.7. The predicted octanol–water partition coefficient (Wildman–Crippen LogP) is 2.72. The van der Waals surface area contributed by atoms with Gasteiger partial charge in [0.25, 0.3) is 0 Å². The first-order chi connectivity index (χ1) is 9.80. The summed E-state index contributed by atoms with van der Waals surface area (Å²) in [6, 6.07) is 8.46. The molecule has 0 aromatic heterocycles. The summed E-state index contributed by atoms with van der Waals surface area (Å²) in [6.45, 7) is 9.88. The standard InChI is InChI=1S/C16H26O3Si/c1-4-14-9-7-10-15(13-14)11-8-12-19-20-16(17-5-2)18-6-3/h4,7,9-10,13,16H,1,5-6,8,11-12,20H2,2-3H3. The topological polar surface area (TPSA) is 27.7 Å². The van der Waals surface area contributed by atoms with E-state index < -0.39 is 9.76 Å². The Bertz CT molecular complexity index is 376. The Morgan fingerprint density at radius 3 is 2.65 bits per heavy atom. The molecular weight excluding hydrogens is 268 g/mol. The quantitative estimate of drug-likeness (QED) is 0.357. The maximum Gasteiger partial charge on any atom is 0.223 e. The maximum absolute atomic E-state index is 5.75. The summed E-state index contributed by atoms with van der Waals surface area (Å²) >= 11 is 0. The lowest BCUT2D eigenvalue weighted by atomic mass is 10.1. The minimum Gasteiger partial charge on any atom is -0.418 e. The van der Waals surface area contributed by atoms with Gasteiger partial charge in [0.1, 0.15) is 0 Å². The van der Waals surface area contributed by atoms with Gasteiger partial charge in [0, 0.05) is 19.8 Å². The van der Waals surface area contributed by atoms with Crippen LogP contribution in [0.25, 0.3) is 6.08 Å². The van der Waals surface area contributed by atoms with Crippen LogP contribution in [0.3, 0.4) is 0 Å². The first kappa shape index (κ1) is 17.1. The molecule has 0 aliphatic rings. The Morgan fingerprint density at radius 1 is 1.25 bits per heavy atom. The van der Waals surface area contributed by atoms with Crippen molar-refractivity contribution >= 4 is 15.8 Å². The van der Waals surface area contributed by atoms with Gasteiger partial charge >= 0.3 is 0 Å². The fourth-order valence-corrected chi connectivity index (χ4v) is 3.18. The second-order valence-corrected chi connectivity index (χ2v) is 5.88. The van der Waals surface area contributed by atoms with E-state index in [2.05, 4.69) is 30.8 Å². The highest BCUT2D eigenvalue weighted by Gasteiger charge is 2.08. The Morgan fingerprint density at radius 2 is 2.00 bits per heavy atom. The van der Waals surface area contributed by atoms with Gasteiger partial charge in [0.05, 0.1) is 0 Å². The third-order valence-corrected chi connectivity index (χ3v) is 4.17. The van der Waals surface area contributed by atoms with Crippen molar-refractivity contribution in [3.63, 3.8) is 0 Å². The van der Waals surface area contributed by atoms with Crippen molar-refractivity contribution in [3.05, 3.63) is 42.0 Å². The molecule has 0 N–H and O–H groups in total. The highest BCUT2D eigenvalue weighted by molar-refractivity contribution is 6.28. The lowest BCUT2D eigenvalue weighted by Gasteiger charge is -2.16. The van der Waals surface area contributed by atoms with Crippen LogP contribution in [0.4, 0.5) is 0 Å². The van der Waals surface area contributed by atoms with E-state index in [4.69, 9.17) is 13.9 Å². The number of hydrogen-bond acceptors (Lipinski definition) is 3. The molecule has 4 heteroatoms. The molecule has 1 rings (SSSR count). The van der Waals surface area contributed by atoms with Crippen molar-refractivity contribution in [3.8, 4) is 0 Å². The Labute approximate surface area is 124 Å². The highest BCUT2D eigenvalue weighted by atomic mass is 28.2. The second kappa shape index (κ2) is 10.8. The Kier molecular flexibility index (Phi) is 9.24. The molecule has 0 unspecified atom stereocenters. The average Bonchev–Trinajstić information content (AvgIpc) is 2.47. The van der Waals surface area contributed by atoms with Gasteiger partial charge in [-0.05, 0) is 37.8 Å². The van der Waals surface area contributed by atoms with Crippen LogP contribution in [-0.2, 0) is 20.3 Å². The van der Waals surface area contributed by atoms with Gasteiger partial charge in [-0.3, -0.25) is 0 Å². The summed E-state index contributed by atoms with van der Waals surface area (Å²) in [7, 11) is -0.770. The van der Waals surface area contributed by atoms with E-state index in [0.29, 0.717) is 13.2 Å². The highest BCUT2D eigenvalue weighted by Crippen LogP contribution is 2.08. The Hall–Kier alpha value is -0.943. The SMILES string of the molecule is C=Cc1cccc(CCCO[SiH2]C(OCC)OCC)c1. The zero-order valence-corrected chi connectivity index (χ0v) is 14.1. The number of ether oxygens (including phenoxy) is 2. The van der Waals surface area contributed by atoms with E-state index in [0.717, 1.165) is 19.4 Å². The number of aryl methyl sites for hydroxylation is 1. The molecule has 0 bridgehead atoms. The van der Waals surface area contributed by atoms with Gasteiger partial charge in [0.2, 0.25) is 9.76 Å². The molecule has 0 aliphatic heterocycles. The van der Waals surface area contributed by atoms with Crippen LogP contribution < -0.4 is 0 Å². The van der Waals surface area contributed by atoms with E-state index in [-0.39, 0.29) is 5.91 Å². The van der Waals surface area contributed by atoms with Crippen LogP contribution in [0, 0.1) is 0 Å². The van der Waals surface area contributed by atoms with Gasteiger partial charge in [-0.2, -0.15) is 0 Å². The van der Waals surface area contributed by atoms with E-state index in [1.807, 2.05) is 19.9 Å². The predicted molar refractivity (Wildman–Crippen MR) is 86.4 cm³/mol. The molecule has 0 radical (unpaired) electrons. The van der Waals surface area contributed by atoms with E-state index >= 15 is 0 Å².